The summed E-state index contributed by atoms with van der Waals surface area (Å²) in [7, 11) is 0. The third-order valence-electron chi connectivity index (χ3n) is 4.11. The highest BCUT2D eigenvalue weighted by atomic mass is 16.5. The summed E-state index contributed by atoms with van der Waals surface area (Å²) in [5.41, 5.74) is 3.25. The number of aliphatic hydroxyl groups excluding tert-OH is 1. The predicted octanol–water partition coefficient (Wildman–Crippen LogP) is 3.57. The Morgan fingerprint density at radius 3 is 2.41 bits per heavy atom. The van der Waals surface area contributed by atoms with Gasteiger partial charge in [-0.1, -0.05) is 36.4 Å². The number of aliphatic imine (C=N–C) groups is 1. The van der Waals surface area contributed by atoms with Crippen molar-refractivity contribution >= 4 is 5.96 Å². The van der Waals surface area contributed by atoms with E-state index in [9.17, 15) is 5.11 Å². The molecule has 146 valence electrons. The molecule has 2 aromatic rings. The van der Waals surface area contributed by atoms with Crippen molar-refractivity contribution < 1.29 is 9.84 Å². The van der Waals surface area contributed by atoms with E-state index in [4.69, 9.17) is 4.74 Å². The topological polar surface area (TPSA) is 65.9 Å². The van der Waals surface area contributed by atoms with E-state index in [1.54, 1.807) is 0 Å². The monoisotopic (exact) mass is 369 g/mol. The average molecular weight is 370 g/mol. The largest absolute Gasteiger partial charge is 0.491 e. The zero-order valence-corrected chi connectivity index (χ0v) is 16.7. The van der Waals surface area contributed by atoms with Gasteiger partial charge in [0.05, 0.1) is 18.8 Å². The molecule has 1 atom stereocenters. The molecule has 0 spiro atoms. The van der Waals surface area contributed by atoms with E-state index in [1.165, 1.54) is 11.1 Å². The van der Waals surface area contributed by atoms with Gasteiger partial charge in [-0.3, -0.25) is 0 Å². The number of guanidine groups is 1. The first-order valence-corrected chi connectivity index (χ1v) is 9.51. The van der Waals surface area contributed by atoms with Gasteiger partial charge in [-0.2, -0.15) is 0 Å². The van der Waals surface area contributed by atoms with Gasteiger partial charge in [-0.05, 0) is 56.5 Å². The Morgan fingerprint density at radius 2 is 1.78 bits per heavy atom. The maximum absolute atomic E-state index is 10.5. The molecule has 0 bridgehead atoms. The Balaban J connectivity index is 1.94. The van der Waals surface area contributed by atoms with E-state index < -0.39 is 6.10 Å². The Kier molecular flexibility index (Phi) is 8.14. The minimum atomic E-state index is -0.625. The van der Waals surface area contributed by atoms with Crippen molar-refractivity contribution in [2.45, 2.75) is 46.4 Å². The van der Waals surface area contributed by atoms with Crippen LogP contribution in [0, 0.1) is 6.92 Å². The van der Waals surface area contributed by atoms with Gasteiger partial charge in [0.2, 0.25) is 0 Å². The molecule has 0 aliphatic rings. The molecule has 2 aromatic carbocycles. The number of hydrogen-bond acceptors (Lipinski definition) is 3. The van der Waals surface area contributed by atoms with Gasteiger partial charge >= 0.3 is 0 Å². The molecule has 0 fully saturated rings. The molecule has 0 heterocycles. The van der Waals surface area contributed by atoms with Gasteiger partial charge in [-0.25, -0.2) is 4.99 Å². The molecular weight excluding hydrogens is 338 g/mol. The Labute approximate surface area is 162 Å². The summed E-state index contributed by atoms with van der Waals surface area (Å²) in [5.74, 6) is 1.50. The lowest BCUT2D eigenvalue weighted by Crippen LogP contribution is -2.39. The summed E-state index contributed by atoms with van der Waals surface area (Å²) >= 11 is 0. The lowest BCUT2D eigenvalue weighted by molar-refractivity contribution is 0.180. The SMILES string of the molecule is CCNC(=NCc1ccccc1C)NCC(O)c1ccc(OC(C)C)cc1. The van der Waals surface area contributed by atoms with Crippen molar-refractivity contribution in [1.29, 1.82) is 0 Å². The second kappa shape index (κ2) is 10.6. The average Bonchev–Trinajstić information content (AvgIpc) is 2.65. The minimum Gasteiger partial charge on any atom is -0.491 e. The molecule has 0 saturated heterocycles. The molecule has 5 nitrogen and oxygen atoms in total. The summed E-state index contributed by atoms with van der Waals surface area (Å²) in [6.07, 6.45) is -0.491. The summed E-state index contributed by atoms with van der Waals surface area (Å²) in [6, 6.07) is 15.8. The van der Waals surface area contributed by atoms with Crippen molar-refractivity contribution in [3.05, 3.63) is 65.2 Å². The zero-order chi connectivity index (χ0) is 19.6. The normalized spacial score (nSPS) is 12.7. The van der Waals surface area contributed by atoms with Crippen LogP contribution in [0.5, 0.6) is 5.75 Å². The van der Waals surface area contributed by atoms with Crippen LogP contribution in [-0.2, 0) is 6.54 Å². The van der Waals surface area contributed by atoms with Gasteiger partial charge in [0.15, 0.2) is 5.96 Å². The molecule has 27 heavy (non-hydrogen) atoms. The second-order valence-corrected chi connectivity index (χ2v) is 6.75. The van der Waals surface area contributed by atoms with Gasteiger partial charge in [0.1, 0.15) is 5.75 Å². The van der Waals surface area contributed by atoms with Crippen LogP contribution >= 0.6 is 0 Å². The van der Waals surface area contributed by atoms with Gasteiger partial charge in [-0.15, -0.1) is 0 Å². The fourth-order valence-corrected chi connectivity index (χ4v) is 2.65. The Hall–Kier alpha value is -2.53. The van der Waals surface area contributed by atoms with Crippen LogP contribution in [0.15, 0.2) is 53.5 Å². The van der Waals surface area contributed by atoms with Crippen molar-refractivity contribution in [1.82, 2.24) is 10.6 Å². The van der Waals surface area contributed by atoms with E-state index in [1.807, 2.05) is 57.2 Å². The molecule has 0 radical (unpaired) electrons. The van der Waals surface area contributed by atoms with Crippen molar-refractivity contribution in [3.8, 4) is 5.75 Å². The zero-order valence-electron chi connectivity index (χ0n) is 16.7. The van der Waals surface area contributed by atoms with E-state index in [2.05, 4.69) is 34.7 Å². The highest BCUT2D eigenvalue weighted by Crippen LogP contribution is 2.18. The van der Waals surface area contributed by atoms with Crippen molar-refractivity contribution in [2.24, 2.45) is 4.99 Å². The quantitative estimate of drug-likeness (QED) is 0.492. The van der Waals surface area contributed by atoms with Crippen LogP contribution < -0.4 is 15.4 Å². The molecule has 0 aromatic heterocycles. The van der Waals surface area contributed by atoms with Crippen LogP contribution in [-0.4, -0.2) is 30.3 Å². The molecule has 0 aliphatic carbocycles. The fourth-order valence-electron chi connectivity index (χ4n) is 2.65. The van der Waals surface area contributed by atoms with Crippen molar-refractivity contribution in [2.75, 3.05) is 13.1 Å². The molecule has 1 unspecified atom stereocenters. The van der Waals surface area contributed by atoms with Crippen LogP contribution in [0.4, 0.5) is 0 Å². The number of aryl methyl sites for hydroxylation is 1. The molecule has 0 amide bonds. The number of nitrogens with one attached hydrogen (secondary N) is 2. The number of benzene rings is 2. The standard InChI is InChI=1S/C22H31N3O2/c1-5-23-22(24-14-19-9-7-6-8-17(19)4)25-15-21(26)18-10-12-20(13-11-18)27-16(2)3/h6-13,16,21,26H,5,14-15H2,1-4H3,(H2,23,24,25). The number of rotatable bonds is 8. The maximum atomic E-state index is 10.5. The third-order valence-corrected chi connectivity index (χ3v) is 4.11. The third kappa shape index (κ3) is 6.94. The fraction of sp³-hybridized carbons (Fsp3) is 0.409. The van der Waals surface area contributed by atoms with Gasteiger partial charge in [0.25, 0.3) is 0 Å². The molecule has 3 N–H and O–H groups in total. The van der Waals surface area contributed by atoms with E-state index in [0.29, 0.717) is 19.0 Å². The predicted molar refractivity (Wildman–Crippen MR) is 111 cm³/mol. The first-order chi connectivity index (χ1) is 13.0. The van der Waals surface area contributed by atoms with E-state index in [0.717, 1.165) is 17.9 Å². The van der Waals surface area contributed by atoms with E-state index >= 15 is 0 Å². The Morgan fingerprint density at radius 1 is 1.07 bits per heavy atom. The number of aliphatic hydroxyl groups is 1. The molecule has 0 aliphatic heterocycles. The summed E-state index contributed by atoms with van der Waals surface area (Å²) < 4.78 is 5.64. The molecule has 5 heteroatoms. The second-order valence-electron chi connectivity index (χ2n) is 6.75. The highest BCUT2D eigenvalue weighted by molar-refractivity contribution is 5.79. The van der Waals surface area contributed by atoms with Gasteiger partial charge in [0, 0.05) is 13.1 Å². The molecule has 0 saturated carbocycles. The smallest absolute Gasteiger partial charge is 0.191 e. The summed E-state index contributed by atoms with van der Waals surface area (Å²) in [4.78, 5) is 4.62. The lowest BCUT2D eigenvalue weighted by Gasteiger charge is -2.16. The van der Waals surface area contributed by atoms with E-state index in [-0.39, 0.29) is 6.10 Å². The molecule has 2 rings (SSSR count). The Bertz CT molecular complexity index is 727. The van der Waals surface area contributed by atoms with Crippen LogP contribution in [0.3, 0.4) is 0 Å². The first-order valence-electron chi connectivity index (χ1n) is 9.51. The van der Waals surface area contributed by atoms with Crippen molar-refractivity contribution in [3.63, 3.8) is 0 Å². The number of nitrogens with zero attached hydrogens (tertiary/aromatic N) is 1. The maximum Gasteiger partial charge on any atom is 0.191 e. The van der Waals surface area contributed by atoms with Crippen LogP contribution in [0.2, 0.25) is 0 Å². The number of ether oxygens (including phenoxy) is 1. The minimum absolute atomic E-state index is 0.134. The summed E-state index contributed by atoms with van der Waals surface area (Å²) in [5, 5.41) is 16.9. The summed E-state index contributed by atoms with van der Waals surface area (Å²) in [6.45, 7) is 9.83. The first kappa shape index (κ1) is 20.8. The molecular formula is C22H31N3O2. The lowest BCUT2D eigenvalue weighted by atomic mass is 10.1. The van der Waals surface area contributed by atoms with Crippen LogP contribution in [0.1, 0.15) is 43.6 Å². The highest BCUT2D eigenvalue weighted by Gasteiger charge is 2.09. The van der Waals surface area contributed by atoms with Gasteiger partial charge < -0.3 is 20.5 Å². The van der Waals surface area contributed by atoms with Crippen LogP contribution in [0.25, 0.3) is 0 Å². The number of hydrogen-bond donors (Lipinski definition) is 3.